The molecule has 1 atom stereocenters. The maximum absolute atomic E-state index is 6.41. The highest BCUT2D eigenvalue weighted by Crippen LogP contribution is 2.32. The molecule has 1 N–H and O–H groups in total. The summed E-state index contributed by atoms with van der Waals surface area (Å²) in [6, 6.07) is 14.6. The third kappa shape index (κ3) is 2.46. The fourth-order valence-corrected chi connectivity index (χ4v) is 3.41. The van der Waals surface area contributed by atoms with Crippen molar-refractivity contribution in [3.63, 3.8) is 0 Å². The van der Waals surface area contributed by atoms with Gasteiger partial charge in [-0.15, -0.1) is 0 Å². The minimum Gasteiger partial charge on any atom is -0.319 e. The van der Waals surface area contributed by atoms with Gasteiger partial charge in [0.05, 0.1) is 17.4 Å². The molecule has 0 radical (unpaired) electrons. The molecule has 0 aliphatic carbocycles. The Balaban J connectivity index is 1.82. The summed E-state index contributed by atoms with van der Waals surface area (Å²) in [5.41, 5.74) is 5.73. The number of nitrogens with zero attached hydrogens (tertiary/aromatic N) is 2. The van der Waals surface area contributed by atoms with Crippen LogP contribution in [0.25, 0.3) is 5.69 Å². The van der Waals surface area contributed by atoms with Gasteiger partial charge in [0, 0.05) is 35.2 Å². The number of aromatic nitrogens is 2. The quantitative estimate of drug-likeness (QED) is 0.763. The van der Waals surface area contributed by atoms with Gasteiger partial charge in [0.15, 0.2) is 0 Å². The predicted octanol–water partition coefficient (Wildman–Crippen LogP) is 4.28. The summed E-state index contributed by atoms with van der Waals surface area (Å²) in [6.45, 7) is 2.86. The maximum atomic E-state index is 6.41. The Bertz CT molecular complexity index is 836. The molecule has 1 unspecified atom stereocenters. The summed E-state index contributed by atoms with van der Waals surface area (Å²) in [5, 5.41) is 4.40. The highest BCUT2D eigenvalue weighted by atomic mass is 35.5. The van der Waals surface area contributed by atoms with Crippen molar-refractivity contribution >= 4 is 11.6 Å². The Morgan fingerprint density at radius 2 is 2.13 bits per heavy atom. The molecule has 1 aliphatic rings. The molecule has 0 saturated carbocycles. The number of benzene rings is 1. The molecule has 116 valence electrons. The second kappa shape index (κ2) is 5.84. The van der Waals surface area contributed by atoms with Crippen molar-refractivity contribution in [3.05, 3.63) is 82.4 Å². The molecule has 23 heavy (non-hydrogen) atoms. The van der Waals surface area contributed by atoms with Crippen molar-refractivity contribution in [1.29, 1.82) is 0 Å². The van der Waals surface area contributed by atoms with Crippen LogP contribution in [0.3, 0.4) is 0 Å². The number of halogens is 1. The average Bonchev–Trinajstić information content (AvgIpc) is 3.00. The van der Waals surface area contributed by atoms with E-state index in [1.807, 2.05) is 18.3 Å². The smallest absolute Gasteiger partial charge is 0.0911 e. The molecule has 3 aromatic rings. The van der Waals surface area contributed by atoms with Crippen LogP contribution in [0.1, 0.15) is 35.5 Å². The Hall–Kier alpha value is -2.10. The molecule has 0 saturated heterocycles. The first kappa shape index (κ1) is 14.5. The number of aryl methyl sites for hydroxylation is 1. The fraction of sp³-hybridized carbons (Fsp3) is 0.211. The summed E-state index contributed by atoms with van der Waals surface area (Å²) in [6.07, 6.45) is 5.06. The first-order chi connectivity index (χ1) is 11.3. The van der Waals surface area contributed by atoms with Gasteiger partial charge in [-0.3, -0.25) is 10.3 Å². The van der Waals surface area contributed by atoms with Gasteiger partial charge < -0.3 is 4.57 Å². The van der Waals surface area contributed by atoms with E-state index in [0.29, 0.717) is 0 Å². The lowest BCUT2D eigenvalue weighted by Crippen LogP contribution is -2.22. The van der Waals surface area contributed by atoms with Crippen molar-refractivity contribution in [3.8, 4) is 5.69 Å². The Kier molecular flexibility index (Phi) is 3.68. The fourth-order valence-electron chi connectivity index (χ4n) is 3.18. The van der Waals surface area contributed by atoms with E-state index in [4.69, 9.17) is 11.6 Å². The standard InChI is InChI=1S/C19H18ClN3/c1-2-13-8-9-16(21-11-13)19-18-7-4-10-23(18)17-6-3-5-15(20)14(17)12-22-19/h3-11,19,22H,2,12H2,1H3. The van der Waals surface area contributed by atoms with E-state index >= 15 is 0 Å². The first-order valence-corrected chi connectivity index (χ1v) is 8.29. The Morgan fingerprint density at radius 3 is 2.91 bits per heavy atom. The maximum Gasteiger partial charge on any atom is 0.0911 e. The zero-order valence-electron chi connectivity index (χ0n) is 13.0. The number of rotatable bonds is 2. The van der Waals surface area contributed by atoms with Gasteiger partial charge in [-0.2, -0.15) is 0 Å². The SMILES string of the molecule is CCc1ccc(C2NCc3c(Cl)cccc3-n3cccc32)nc1. The van der Waals surface area contributed by atoms with Crippen LogP contribution >= 0.6 is 11.6 Å². The largest absolute Gasteiger partial charge is 0.319 e. The summed E-state index contributed by atoms with van der Waals surface area (Å²) in [4.78, 5) is 4.67. The van der Waals surface area contributed by atoms with Gasteiger partial charge in [-0.25, -0.2) is 0 Å². The lowest BCUT2D eigenvalue weighted by Gasteiger charge is -2.17. The summed E-state index contributed by atoms with van der Waals surface area (Å²) >= 11 is 6.41. The lowest BCUT2D eigenvalue weighted by molar-refractivity contribution is 0.587. The van der Waals surface area contributed by atoms with Crippen LogP contribution in [-0.4, -0.2) is 9.55 Å². The van der Waals surface area contributed by atoms with Gasteiger partial charge in [0.1, 0.15) is 0 Å². The zero-order chi connectivity index (χ0) is 15.8. The number of hydrogen-bond acceptors (Lipinski definition) is 2. The first-order valence-electron chi connectivity index (χ1n) is 7.91. The number of nitrogens with one attached hydrogen (secondary N) is 1. The minimum absolute atomic E-state index is 0.0550. The normalized spacial score (nSPS) is 16.5. The van der Waals surface area contributed by atoms with Crippen molar-refractivity contribution in [2.75, 3.05) is 0 Å². The molecular formula is C19H18ClN3. The highest BCUT2D eigenvalue weighted by molar-refractivity contribution is 6.31. The van der Waals surface area contributed by atoms with E-state index in [1.54, 1.807) is 0 Å². The molecule has 2 aromatic heterocycles. The van der Waals surface area contributed by atoms with E-state index in [2.05, 4.69) is 58.3 Å². The molecular weight excluding hydrogens is 306 g/mol. The van der Waals surface area contributed by atoms with Crippen LogP contribution in [0.4, 0.5) is 0 Å². The molecule has 4 rings (SSSR count). The van der Waals surface area contributed by atoms with Gasteiger partial charge in [0.25, 0.3) is 0 Å². The number of hydrogen-bond donors (Lipinski definition) is 1. The Morgan fingerprint density at radius 1 is 1.22 bits per heavy atom. The second-order valence-corrected chi connectivity index (χ2v) is 6.21. The van der Waals surface area contributed by atoms with Crippen molar-refractivity contribution in [1.82, 2.24) is 14.9 Å². The van der Waals surface area contributed by atoms with E-state index in [0.717, 1.165) is 34.9 Å². The lowest BCUT2D eigenvalue weighted by atomic mass is 10.1. The van der Waals surface area contributed by atoms with E-state index in [1.165, 1.54) is 11.3 Å². The third-order valence-corrected chi connectivity index (χ3v) is 4.82. The van der Waals surface area contributed by atoms with Gasteiger partial charge in [0.2, 0.25) is 0 Å². The van der Waals surface area contributed by atoms with E-state index < -0.39 is 0 Å². The average molecular weight is 324 g/mol. The molecule has 1 aromatic carbocycles. The second-order valence-electron chi connectivity index (χ2n) is 5.80. The molecule has 0 spiro atoms. The van der Waals surface area contributed by atoms with Crippen LogP contribution < -0.4 is 5.32 Å². The van der Waals surface area contributed by atoms with Gasteiger partial charge >= 0.3 is 0 Å². The number of pyridine rings is 1. The molecule has 3 heterocycles. The highest BCUT2D eigenvalue weighted by Gasteiger charge is 2.24. The van der Waals surface area contributed by atoms with Crippen molar-refractivity contribution in [2.24, 2.45) is 0 Å². The molecule has 1 aliphatic heterocycles. The number of fused-ring (bicyclic) bond motifs is 3. The van der Waals surface area contributed by atoms with Crippen LogP contribution in [0, 0.1) is 0 Å². The van der Waals surface area contributed by atoms with Gasteiger partial charge in [-0.1, -0.05) is 30.7 Å². The Labute approximate surface area is 140 Å². The van der Waals surface area contributed by atoms with Crippen LogP contribution in [0.15, 0.2) is 54.9 Å². The minimum atomic E-state index is 0.0550. The van der Waals surface area contributed by atoms with E-state index in [9.17, 15) is 0 Å². The summed E-state index contributed by atoms with van der Waals surface area (Å²) < 4.78 is 2.21. The zero-order valence-corrected chi connectivity index (χ0v) is 13.7. The molecule has 3 nitrogen and oxygen atoms in total. The third-order valence-electron chi connectivity index (χ3n) is 4.46. The molecule has 4 heteroatoms. The summed E-state index contributed by atoms with van der Waals surface area (Å²) in [5.74, 6) is 0. The van der Waals surface area contributed by atoms with Crippen LogP contribution in [-0.2, 0) is 13.0 Å². The van der Waals surface area contributed by atoms with Gasteiger partial charge in [-0.05, 0) is 42.3 Å². The molecule has 0 bridgehead atoms. The topological polar surface area (TPSA) is 29.9 Å². The van der Waals surface area contributed by atoms with Crippen LogP contribution in [0.2, 0.25) is 5.02 Å². The van der Waals surface area contributed by atoms with Crippen LogP contribution in [0.5, 0.6) is 0 Å². The predicted molar refractivity (Wildman–Crippen MR) is 93.1 cm³/mol. The van der Waals surface area contributed by atoms with E-state index in [-0.39, 0.29) is 6.04 Å². The van der Waals surface area contributed by atoms with Crippen molar-refractivity contribution < 1.29 is 0 Å². The van der Waals surface area contributed by atoms with Crippen molar-refractivity contribution in [2.45, 2.75) is 25.9 Å². The monoisotopic (exact) mass is 323 g/mol. The summed E-state index contributed by atoms with van der Waals surface area (Å²) in [7, 11) is 0. The molecule has 0 fully saturated rings. The molecule has 0 amide bonds.